The van der Waals surface area contributed by atoms with Crippen molar-refractivity contribution < 1.29 is 41.4 Å². The van der Waals surface area contributed by atoms with Gasteiger partial charge in [0.1, 0.15) is 19.3 Å². The lowest BCUT2D eigenvalue weighted by Gasteiger charge is -2.23. The molecule has 11 heteroatoms. The molecule has 0 saturated carbocycles. The first-order chi connectivity index (χ1) is 17.5. The molecule has 1 N–H and O–H groups in total. The zero-order valence-corrected chi connectivity index (χ0v) is 19.6. The average Bonchev–Trinajstić information content (AvgIpc) is 3.29. The number of halogens is 4. The Hall–Kier alpha value is -3.89. The summed E-state index contributed by atoms with van der Waals surface area (Å²) in [6, 6.07) is 13.4. The van der Waals surface area contributed by atoms with Gasteiger partial charge in [0.05, 0.1) is 19.5 Å². The molecule has 7 nitrogen and oxygen atoms in total. The van der Waals surface area contributed by atoms with Crippen LogP contribution in [0.1, 0.15) is 23.5 Å². The van der Waals surface area contributed by atoms with Crippen LogP contribution in [-0.2, 0) is 19.1 Å². The van der Waals surface area contributed by atoms with Gasteiger partial charge in [0, 0.05) is 5.92 Å². The smallest absolute Gasteiger partial charge is 0.407 e. The van der Waals surface area contributed by atoms with Crippen molar-refractivity contribution in [3.05, 3.63) is 72.3 Å². The molecule has 2 aliphatic rings. The normalized spacial score (nSPS) is 17.9. The van der Waals surface area contributed by atoms with Gasteiger partial charge in [-0.25, -0.2) is 4.79 Å². The summed E-state index contributed by atoms with van der Waals surface area (Å²) in [5.41, 5.74) is 3.83. The van der Waals surface area contributed by atoms with Gasteiger partial charge in [-0.3, -0.25) is 9.59 Å². The van der Waals surface area contributed by atoms with Gasteiger partial charge in [0.25, 0.3) is 0 Å². The molecular formula is C26H24F4N2O5. The van der Waals surface area contributed by atoms with Gasteiger partial charge in [0.2, 0.25) is 5.91 Å². The van der Waals surface area contributed by atoms with Gasteiger partial charge in [-0.05, 0) is 22.3 Å². The van der Waals surface area contributed by atoms with E-state index in [0.717, 1.165) is 22.3 Å². The third-order valence-corrected chi connectivity index (χ3v) is 6.29. The van der Waals surface area contributed by atoms with Gasteiger partial charge in [-0.15, -0.1) is 0 Å². The molecule has 196 valence electrons. The number of carbonyl (C=O) groups excluding carboxylic acids is 3. The van der Waals surface area contributed by atoms with Crippen LogP contribution in [0.3, 0.4) is 0 Å². The van der Waals surface area contributed by atoms with E-state index in [9.17, 15) is 31.9 Å². The van der Waals surface area contributed by atoms with Crippen LogP contribution in [0.15, 0.2) is 61.2 Å². The number of amides is 2. The molecule has 0 bridgehead atoms. The van der Waals surface area contributed by atoms with Gasteiger partial charge in [0.15, 0.2) is 0 Å². The van der Waals surface area contributed by atoms with Gasteiger partial charge in [-0.2, -0.15) is 17.6 Å². The molecule has 1 atom stereocenters. The van der Waals surface area contributed by atoms with Crippen molar-refractivity contribution >= 4 is 18.0 Å². The summed E-state index contributed by atoms with van der Waals surface area (Å²) in [6.45, 7) is -0.0561. The molecule has 2 aromatic rings. The van der Waals surface area contributed by atoms with E-state index in [-0.39, 0.29) is 24.0 Å². The molecule has 1 aliphatic heterocycles. The van der Waals surface area contributed by atoms with Crippen molar-refractivity contribution in [2.75, 3.05) is 26.3 Å². The highest BCUT2D eigenvalue weighted by Gasteiger charge is 2.64. The molecule has 4 rings (SSSR count). The Kier molecular flexibility index (Phi) is 7.24. The first-order valence-electron chi connectivity index (χ1n) is 11.5. The molecule has 0 unspecified atom stereocenters. The Labute approximate surface area is 210 Å². The number of rotatable bonds is 8. The molecule has 0 spiro atoms. The van der Waals surface area contributed by atoms with Crippen LogP contribution in [0, 0.1) is 0 Å². The summed E-state index contributed by atoms with van der Waals surface area (Å²) in [7, 11) is 0. The van der Waals surface area contributed by atoms with E-state index in [1.807, 2.05) is 48.5 Å². The number of hydrogen-bond acceptors (Lipinski definition) is 5. The number of nitrogens with zero attached hydrogens (tertiary/aromatic N) is 1. The SMILES string of the molecule is C=CCOC(=O)C[C@H](NC(=O)OCC1c2ccccc2-c2ccccc21)C(=O)N1CC(F)(F)C(F)(F)C1. The number of alkyl halides is 4. The minimum absolute atomic E-state index is 0.123. The fourth-order valence-corrected chi connectivity index (χ4v) is 4.50. The molecule has 1 fully saturated rings. The number of carbonyl (C=O) groups is 3. The Morgan fingerprint density at radius 1 is 0.973 bits per heavy atom. The zero-order valence-electron chi connectivity index (χ0n) is 19.6. The van der Waals surface area contributed by atoms with E-state index in [4.69, 9.17) is 9.47 Å². The van der Waals surface area contributed by atoms with E-state index < -0.39 is 55.4 Å². The second-order valence-electron chi connectivity index (χ2n) is 8.80. The van der Waals surface area contributed by atoms with Crippen LogP contribution in [0.25, 0.3) is 11.1 Å². The number of hydrogen-bond donors (Lipinski definition) is 1. The van der Waals surface area contributed by atoms with Crippen LogP contribution < -0.4 is 5.32 Å². The number of esters is 1. The lowest BCUT2D eigenvalue weighted by Crippen LogP contribution is -2.50. The highest BCUT2D eigenvalue weighted by atomic mass is 19.3. The number of benzene rings is 2. The van der Waals surface area contributed by atoms with E-state index in [1.165, 1.54) is 6.08 Å². The fraction of sp³-hybridized carbons (Fsp3) is 0.346. The number of fused-ring (bicyclic) bond motifs is 3. The van der Waals surface area contributed by atoms with E-state index >= 15 is 0 Å². The van der Waals surface area contributed by atoms with Crippen LogP contribution >= 0.6 is 0 Å². The van der Waals surface area contributed by atoms with Crippen LogP contribution in [0.5, 0.6) is 0 Å². The number of alkyl carbamates (subject to hydrolysis) is 1. The maximum atomic E-state index is 13.7. The first kappa shape index (κ1) is 26.2. The third kappa shape index (κ3) is 5.30. The maximum absolute atomic E-state index is 13.7. The summed E-state index contributed by atoms with van der Waals surface area (Å²) in [5, 5.41) is 2.16. The van der Waals surface area contributed by atoms with Crippen molar-refractivity contribution in [2.45, 2.75) is 30.2 Å². The van der Waals surface area contributed by atoms with Crippen molar-refractivity contribution in [3.8, 4) is 11.1 Å². The second-order valence-corrected chi connectivity index (χ2v) is 8.80. The summed E-state index contributed by atoms with van der Waals surface area (Å²) in [4.78, 5) is 37.7. The number of nitrogens with one attached hydrogen (secondary N) is 1. The van der Waals surface area contributed by atoms with Crippen LogP contribution in [0.4, 0.5) is 22.4 Å². The Morgan fingerprint density at radius 3 is 2.05 bits per heavy atom. The van der Waals surface area contributed by atoms with E-state index in [1.54, 1.807) is 0 Å². The largest absolute Gasteiger partial charge is 0.461 e. The highest BCUT2D eigenvalue weighted by Crippen LogP contribution is 2.44. The molecule has 1 heterocycles. The average molecular weight is 520 g/mol. The topological polar surface area (TPSA) is 84.9 Å². The number of ether oxygens (including phenoxy) is 2. The van der Waals surface area contributed by atoms with Crippen LogP contribution in [0.2, 0.25) is 0 Å². The van der Waals surface area contributed by atoms with Crippen LogP contribution in [-0.4, -0.2) is 67.1 Å². The quantitative estimate of drug-likeness (QED) is 0.322. The van der Waals surface area contributed by atoms with Gasteiger partial charge < -0.3 is 19.7 Å². The van der Waals surface area contributed by atoms with Gasteiger partial charge in [-0.1, -0.05) is 61.2 Å². The molecule has 1 aliphatic carbocycles. The zero-order chi connectivity index (χ0) is 26.8. The molecule has 2 aromatic carbocycles. The van der Waals surface area contributed by atoms with Crippen molar-refractivity contribution in [3.63, 3.8) is 0 Å². The minimum atomic E-state index is -4.44. The molecule has 37 heavy (non-hydrogen) atoms. The monoisotopic (exact) mass is 520 g/mol. The fourth-order valence-electron chi connectivity index (χ4n) is 4.50. The predicted molar refractivity (Wildman–Crippen MR) is 124 cm³/mol. The molecular weight excluding hydrogens is 496 g/mol. The van der Waals surface area contributed by atoms with E-state index in [0.29, 0.717) is 0 Å². The van der Waals surface area contributed by atoms with Gasteiger partial charge >= 0.3 is 23.9 Å². The third-order valence-electron chi connectivity index (χ3n) is 6.29. The molecule has 0 radical (unpaired) electrons. The first-order valence-corrected chi connectivity index (χ1v) is 11.5. The number of likely N-dealkylation sites (tertiary alicyclic amines) is 1. The standard InChI is InChI=1S/C26H24F4N2O5/c1-2-11-36-22(33)12-21(23(34)32-14-25(27,28)26(29,30)15-32)31-24(35)37-13-20-18-9-5-3-7-16(18)17-8-4-6-10-19(17)20/h2-10,20-21H,1,11-15H2,(H,31,35)/t21-/m0/s1. The second kappa shape index (κ2) is 10.2. The summed E-state index contributed by atoms with van der Waals surface area (Å²) >= 11 is 0. The lowest BCUT2D eigenvalue weighted by molar-refractivity contribution is -0.172. The Bertz CT molecular complexity index is 1160. The van der Waals surface area contributed by atoms with Crippen molar-refractivity contribution in [2.24, 2.45) is 0 Å². The maximum Gasteiger partial charge on any atom is 0.407 e. The highest BCUT2D eigenvalue weighted by molar-refractivity contribution is 5.90. The molecule has 0 aromatic heterocycles. The summed E-state index contributed by atoms with van der Waals surface area (Å²) in [5.74, 6) is -11.4. The summed E-state index contributed by atoms with van der Waals surface area (Å²) in [6.07, 6.45) is -0.630. The van der Waals surface area contributed by atoms with Crippen molar-refractivity contribution in [1.82, 2.24) is 10.2 Å². The summed E-state index contributed by atoms with van der Waals surface area (Å²) < 4.78 is 64.8. The van der Waals surface area contributed by atoms with Crippen molar-refractivity contribution in [1.29, 1.82) is 0 Å². The Balaban J connectivity index is 1.46. The Morgan fingerprint density at radius 2 is 1.51 bits per heavy atom. The molecule has 1 saturated heterocycles. The van der Waals surface area contributed by atoms with E-state index in [2.05, 4.69) is 11.9 Å². The molecule has 2 amide bonds. The predicted octanol–water partition coefficient (Wildman–Crippen LogP) is 4.13. The minimum Gasteiger partial charge on any atom is -0.461 e. The lowest BCUT2D eigenvalue weighted by atomic mass is 9.98.